The topological polar surface area (TPSA) is 186 Å². The Balaban J connectivity index is 1.73. The van der Waals surface area contributed by atoms with Gasteiger partial charge in [0.1, 0.15) is 35.8 Å². The van der Waals surface area contributed by atoms with E-state index in [1.807, 2.05) is 19.9 Å². The van der Waals surface area contributed by atoms with Gasteiger partial charge in [-0.3, -0.25) is 0 Å². The molecule has 2 fully saturated rings. The van der Waals surface area contributed by atoms with Crippen LogP contribution in [0.15, 0.2) is 11.8 Å². The van der Waals surface area contributed by atoms with Gasteiger partial charge in [-0.05, 0) is 46.0 Å². The molecule has 12 nitrogen and oxygen atoms in total. The van der Waals surface area contributed by atoms with Crippen LogP contribution in [0.5, 0.6) is 0 Å². The number of hydrogen-bond donors (Lipinski definition) is 8. The molecule has 35 heavy (non-hydrogen) atoms. The monoisotopic (exact) mass is 503 g/mol. The van der Waals surface area contributed by atoms with Gasteiger partial charge >= 0.3 is 0 Å². The zero-order valence-corrected chi connectivity index (χ0v) is 21.2. The fraction of sp³-hybridized carbons (Fsp3) is 0.913. The van der Waals surface area contributed by atoms with Gasteiger partial charge < -0.3 is 61.7 Å². The molecular formula is C23H45N5O7. The van der Waals surface area contributed by atoms with E-state index < -0.39 is 60.7 Å². The average molecular weight is 504 g/mol. The molecule has 3 aliphatic rings. The summed E-state index contributed by atoms with van der Waals surface area (Å²) in [6.45, 7) is 7.53. The number of nitrogens with one attached hydrogen (secondary N) is 3. The van der Waals surface area contributed by atoms with Crippen LogP contribution in [0.1, 0.15) is 33.6 Å². The maximum Gasteiger partial charge on any atom is 0.215 e. The van der Waals surface area contributed by atoms with Crippen molar-refractivity contribution in [1.29, 1.82) is 0 Å². The summed E-state index contributed by atoms with van der Waals surface area (Å²) < 4.78 is 23.9. The molecule has 2 heterocycles. The van der Waals surface area contributed by atoms with Gasteiger partial charge in [-0.2, -0.15) is 0 Å². The summed E-state index contributed by atoms with van der Waals surface area (Å²) in [5.41, 5.74) is 11.4. The molecule has 0 aromatic carbocycles. The van der Waals surface area contributed by atoms with Crippen LogP contribution in [0.3, 0.4) is 0 Å². The lowest BCUT2D eigenvalue weighted by atomic mass is 9.83. The fourth-order valence-corrected chi connectivity index (χ4v) is 5.09. The van der Waals surface area contributed by atoms with Crippen LogP contribution in [0.2, 0.25) is 0 Å². The predicted octanol–water partition coefficient (Wildman–Crippen LogP) is -2.55. The molecule has 0 aromatic heterocycles. The molecule has 2 aliphatic heterocycles. The van der Waals surface area contributed by atoms with E-state index in [2.05, 4.69) is 16.0 Å². The van der Waals surface area contributed by atoms with Gasteiger partial charge in [0.15, 0.2) is 6.29 Å². The lowest BCUT2D eigenvalue weighted by molar-refractivity contribution is -0.303. The zero-order chi connectivity index (χ0) is 25.8. The number of aliphatic hydroxyl groups is 3. The van der Waals surface area contributed by atoms with Crippen molar-refractivity contribution in [2.45, 2.75) is 100 Å². The number of rotatable bonds is 10. The molecule has 0 aromatic rings. The smallest absolute Gasteiger partial charge is 0.215 e. The molecule has 0 spiro atoms. The number of nitrogens with two attached hydrogens (primary N) is 2. The predicted molar refractivity (Wildman–Crippen MR) is 129 cm³/mol. The highest BCUT2D eigenvalue weighted by atomic mass is 16.7. The lowest BCUT2D eigenvalue weighted by Gasteiger charge is -2.48. The second-order valence-electron chi connectivity index (χ2n) is 9.89. The van der Waals surface area contributed by atoms with E-state index in [1.165, 1.54) is 0 Å². The van der Waals surface area contributed by atoms with Gasteiger partial charge in [0, 0.05) is 12.1 Å². The van der Waals surface area contributed by atoms with Crippen LogP contribution in [0, 0.1) is 0 Å². The Bertz CT molecular complexity index is 699. The normalized spacial score (nSPS) is 44.5. The summed E-state index contributed by atoms with van der Waals surface area (Å²) >= 11 is 0. The van der Waals surface area contributed by atoms with E-state index >= 15 is 0 Å². The molecule has 1 saturated carbocycles. The van der Waals surface area contributed by atoms with Gasteiger partial charge in [-0.1, -0.05) is 13.8 Å². The highest BCUT2D eigenvalue weighted by molar-refractivity contribution is 5.05. The van der Waals surface area contributed by atoms with Crippen LogP contribution in [-0.2, 0) is 18.9 Å². The first-order chi connectivity index (χ1) is 16.6. The first kappa shape index (κ1) is 28.7. The molecule has 0 amide bonds. The SMILES string of the molecule is CCNCC1=CC[C@@H](N)[C@@H](O[C@H]2[C@H](O)[C@@H](O[C@H]3OC[C@](C)(O)[C@H](NC)[C@H]3O)[C@H](N)C[C@@H]2NCC)O1. The molecule has 12 heteroatoms. The Morgan fingerprint density at radius 3 is 2.46 bits per heavy atom. The molecule has 204 valence electrons. The Morgan fingerprint density at radius 2 is 1.80 bits per heavy atom. The van der Waals surface area contributed by atoms with Crippen LogP contribution in [0.4, 0.5) is 0 Å². The maximum atomic E-state index is 11.4. The van der Waals surface area contributed by atoms with Crippen LogP contribution in [-0.4, -0.2) is 115 Å². The second-order valence-corrected chi connectivity index (χ2v) is 9.89. The zero-order valence-electron chi connectivity index (χ0n) is 21.2. The first-order valence-electron chi connectivity index (χ1n) is 12.6. The highest BCUT2D eigenvalue weighted by Crippen LogP contribution is 2.31. The third-order valence-electron chi connectivity index (χ3n) is 6.99. The fourth-order valence-electron chi connectivity index (χ4n) is 5.09. The van der Waals surface area contributed by atoms with Crippen molar-refractivity contribution in [1.82, 2.24) is 16.0 Å². The summed E-state index contributed by atoms with van der Waals surface area (Å²) in [7, 11) is 1.64. The summed E-state index contributed by atoms with van der Waals surface area (Å²) in [6.07, 6.45) is -2.77. The van der Waals surface area contributed by atoms with Crippen molar-refractivity contribution in [2.75, 3.05) is 33.3 Å². The minimum absolute atomic E-state index is 0.0517. The average Bonchev–Trinajstić information content (AvgIpc) is 2.81. The van der Waals surface area contributed by atoms with Crippen molar-refractivity contribution < 1.29 is 34.3 Å². The molecule has 10 N–H and O–H groups in total. The van der Waals surface area contributed by atoms with Crippen molar-refractivity contribution in [3.8, 4) is 0 Å². The first-order valence-corrected chi connectivity index (χ1v) is 12.6. The quantitative estimate of drug-likeness (QED) is 0.156. The van der Waals surface area contributed by atoms with Gasteiger partial charge in [0.2, 0.25) is 6.29 Å². The van der Waals surface area contributed by atoms with Crippen molar-refractivity contribution >= 4 is 0 Å². The minimum Gasteiger partial charge on any atom is -0.467 e. The molecule has 0 bridgehead atoms. The van der Waals surface area contributed by atoms with E-state index in [0.29, 0.717) is 25.9 Å². The molecule has 0 unspecified atom stereocenters. The standard InChI is InChI=1S/C23H45N5O7/c1-5-27-10-12-7-8-13(24)21(33-12)35-19-15(28-6-2)9-14(25)18(16(19)29)34-22-17(30)20(26-4)23(3,31)11-32-22/h7,13-22,26-31H,5-6,8-11,24-25H2,1-4H3/t13-,14-,15+,16-,17-,18+,19-,20-,21-,22-,23+/m1/s1. The summed E-state index contributed by atoms with van der Waals surface area (Å²) in [6, 6.07) is -1.89. The third-order valence-corrected chi connectivity index (χ3v) is 6.99. The number of aliphatic hydroxyl groups excluding tert-OH is 2. The molecule has 11 atom stereocenters. The Morgan fingerprint density at radius 1 is 1.09 bits per heavy atom. The van der Waals surface area contributed by atoms with E-state index in [9.17, 15) is 15.3 Å². The van der Waals surface area contributed by atoms with E-state index in [-0.39, 0.29) is 12.6 Å². The van der Waals surface area contributed by atoms with Gasteiger partial charge in [0.25, 0.3) is 0 Å². The van der Waals surface area contributed by atoms with E-state index in [0.717, 1.165) is 12.3 Å². The Hall–Kier alpha value is -0.900. The molecule has 3 rings (SSSR count). The van der Waals surface area contributed by atoms with Gasteiger partial charge in [0.05, 0.1) is 25.2 Å². The summed E-state index contributed by atoms with van der Waals surface area (Å²) in [4.78, 5) is 0. The molecule has 1 saturated heterocycles. The van der Waals surface area contributed by atoms with Gasteiger partial charge in [-0.15, -0.1) is 0 Å². The Labute approximate surface area is 207 Å². The largest absolute Gasteiger partial charge is 0.467 e. The molecular weight excluding hydrogens is 458 g/mol. The number of ether oxygens (including phenoxy) is 4. The van der Waals surface area contributed by atoms with Crippen LogP contribution in [0.25, 0.3) is 0 Å². The van der Waals surface area contributed by atoms with Crippen molar-refractivity contribution in [3.05, 3.63) is 11.8 Å². The molecule has 1 aliphatic carbocycles. The second kappa shape index (κ2) is 12.6. The van der Waals surface area contributed by atoms with Crippen LogP contribution < -0.4 is 27.4 Å². The lowest BCUT2D eigenvalue weighted by Crippen LogP contribution is -2.69. The third kappa shape index (κ3) is 6.70. The maximum absolute atomic E-state index is 11.4. The highest BCUT2D eigenvalue weighted by Gasteiger charge is 2.51. The van der Waals surface area contributed by atoms with Crippen molar-refractivity contribution in [3.63, 3.8) is 0 Å². The summed E-state index contributed by atoms with van der Waals surface area (Å²) in [5.74, 6) is 0.747. The van der Waals surface area contributed by atoms with Crippen molar-refractivity contribution in [2.24, 2.45) is 11.5 Å². The molecule has 0 radical (unpaired) electrons. The minimum atomic E-state index is -1.28. The van der Waals surface area contributed by atoms with E-state index in [4.69, 9.17) is 30.4 Å². The van der Waals surface area contributed by atoms with Crippen LogP contribution >= 0.6 is 0 Å². The number of hydrogen-bond acceptors (Lipinski definition) is 12. The van der Waals surface area contributed by atoms with E-state index in [1.54, 1.807) is 14.0 Å². The number of likely N-dealkylation sites (N-methyl/N-ethyl adjacent to an activating group) is 3. The summed E-state index contributed by atoms with van der Waals surface area (Å²) in [5, 5.41) is 42.1. The van der Waals surface area contributed by atoms with Gasteiger partial charge in [-0.25, -0.2) is 0 Å². The Kier molecular flexibility index (Phi) is 10.3.